The highest BCUT2D eigenvalue weighted by atomic mass is 32.2. The first kappa shape index (κ1) is 14.8. The van der Waals surface area contributed by atoms with Crippen molar-refractivity contribution < 1.29 is 4.74 Å². The summed E-state index contributed by atoms with van der Waals surface area (Å²) in [7, 11) is 0. The highest BCUT2D eigenvalue weighted by Gasteiger charge is 2.20. The Kier molecular flexibility index (Phi) is 6.34. The molecule has 0 bridgehead atoms. The second-order valence-corrected chi connectivity index (χ2v) is 6.61. The van der Waals surface area contributed by atoms with Gasteiger partial charge in [0.2, 0.25) is 0 Å². The van der Waals surface area contributed by atoms with Crippen molar-refractivity contribution in [1.82, 2.24) is 0 Å². The van der Waals surface area contributed by atoms with Crippen molar-refractivity contribution in [2.45, 2.75) is 52.1 Å². The highest BCUT2D eigenvalue weighted by molar-refractivity contribution is 7.99. The highest BCUT2D eigenvalue weighted by Crippen LogP contribution is 2.24. The molecular weight excluding hydrogens is 232 g/mol. The first-order chi connectivity index (χ1) is 8.02. The van der Waals surface area contributed by atoms with E-state index in [2.05, 4.69) is 13.8 Å². The van der Waals surface area contributed by atoms with Gasteiger partial charge in [-0.05, 0) is 31.4 Å². The Hall–Kier alpha value is -0.220. The summed E-state index contributed by atoms with van der Waals surface area (Å²) in [5.41, 5.74) is 5.43. The van der Waals surface area contributed by atoms with Crippen LogP contribution in [0.5, 0.6) is 0 Å². The average Bonchev–Trinajstić information content (AvgIpc) is 2.75. The lowest BCUT2D eigenvalue weighted by atomic mass is 9.86. The number of ether oxygens (including phenoxy) is 1. The van der Waals surface area contributed by atoms with Crippen LogP contribution in [-0.4, -0.2) is 30.1 Å². The van der Waals surface area contributed by atoms with E-state index in [9.17, 15) is 0 Å². The number of rotatable bonds is 8. The van der Waals surface area contributed by atoms with E-state index in [1.807, 2.05) is 11.8 Å². The van der Waals surface area contributed by atoms with E-state index < -0.39 is 0 Å². The van der Waals surface area contributed by atoms with Crippen molar-refractivity contribution in [1.29, 1.82) is 5.41 Å². The number of nitrogens with two attached hydrogens (primary N) is 1. The van der Waals surface area contributed by atoms with Crippen molar-refractivity contribution in [3.63, 3.8) is 0 Å². The molecule has 0 saturated carbocycles. The molecule has 1 aliphatic heterocycles. The van der Waals surface area contributed by atoms with E-state index in [1.54, 1.807) is 0 Å². The molecule has 1 heterocycles. The maximum atomic E-state index is 7.48. The Labute approximate surface area is 109 Å². The molecule has 0 amide bonds. The van der Waals surface area contributed by atoms with Crippen molar-refractivity contribution in [2.24, 2.45) is 11.1 Å². The van der Waals surface area contributed by atoms with Gasteiger partial charge in [0.1, 0.15) is 0 Å². The normalized spacial score (nSPS) is 20.7. The smallest absolute Gasteiger partial charge is 0.0963 e. The molecule has 0 aromatic heterocycles. The predicted octanol–water partition coefficient (Wildman–Crippen LogP) is 3.03. The van der Waals surface area contributed by atoms with Crippen molar-refractivity contribution in [3.8, 4) is 0 Å². The Morgan fingerprint density at radius 2 is 2.24 bits per heavy atom. The van der Waals surface area contributed by atoms with Crippen molar-refractivity contribution in [2.75, 3.05) is 18.1 Å². The lowest BCUT2D eigenvalue weighted by molar-refractivity contribution is 0.129. The Morgan fingerprint density at radius 1 is 1.47 bits per heavy atom. The molecule has 0 aliphatic carbocycles. The molecule has 0 aromatic rings. The fraction of sp³-hybridized carbons (Fsp3) is 0.923. The third-order valence-corrected chi connectivity index (χ3v) is 4.58. The maximum absolute atomic E-state index is 7.48. The summed E-state index contributed by atoms with van der Waals surface area (Å²) in [5.74, 6) is 2.66. The lowest BCUT2D eigenvalue weighted by Gasteiger charge is -2.22. The van der Waals surface area contributed by atoms with Gasteiger partial charge in [-0.3, -0.25) is 5.41 Å². The van der Waals surface area contributed by atoms with Crippen LogP contribution in [0.15, 0.2) is 0 Å². The van der Waals surface area contributed by atoms with Crippen molar-refractivity contribution in [3.05, 3.63) is 0 Å². The van der Waals surface area contributed by atoms with Crippen LogP contribution in [0, 0.1) is 10.8 Å². The molecule has 1 saturated heterocycles. The van der Waals surface area contributed by atoms with Crippen LogP contribution in [0.25, 0.3) is 0 Å². The first-order valence-electron chi connectivity index (χ1n) is 6.56. The number of unbranched alkanes of at least 4 members (excludes halogenated alkanes) is 1. The molecule has 3 nitrogen and oxygen atoms in total. The van der Waals surface area contributed by atoms with E-state index in [0.717, 1.165) is 25.2 Å². The zero-order valence-electron chi connectivity index (χ0n) is 11.1. The molecule has 17 heavy (non-hydrogen) atoms. The van der Waals surface area contributed by atoms with E-state index in [0.29, 0.717) is 11.9 Å². The Balaban J connectivity index is 1.95. The molecule has 1 rings (SSSR count). The number of hydrogen-bond donors (Lipinski definition) is 2. The summed E-state index contributed by atoms with van der Waals surface area (Å²) in [6.07, 6.45) is 6.37. The van der Waals surface area contributed by atoms with Gasteiger partial charge in [-0.1, -0.05) is 20.3 Å². The SMILES string of the molecule is CC(C)(CCCCSCC1CCCO1)C(=N)N. The number of hydrogen-bond acceptors (Lipinski definition) is 3. The summed E-state index contributed by atoms with van der Waals surface area (Å²) in [5, 5.41) is 7.48. The summed E-state index contributed by atoms with van der Waals surface area (Å²) in [4.78, 5) is 0. The molecule has 0 aromatic carbocycles. The van der Waals surface area contributed by atoms with Crippen LogP contribution in [0.1, 0.15) is 46.0 Å². The fourth-order valence-electron chi connectivity index (χ4n) is 1.90. The molecule has 100 valence electrons. The van der Waals surface area contributed by atoms with Gasteiger partial charge in [0, 0.05) is 17.8 Å². The zero-order valence-corrected chi connectivity index (χ0v) is 11.9. The van der Waals surface area contributed by atoms with Gasteiger partial charge in [-0.25, -0.2) is 0 Å². The maximum Gasteiger partial charge on any atom is 0.0963 e. The minimum Gasteiger partial charge on any atom is -0.387 e. The third-order valence-electron chi connectivity index (χ3n) is 3.40. The molecule has 3 N–H and O–H groups in total. The third kappa shape index (κ3) is 5.77. The summed E-state index contributed by atoms with van der Waals surface area (Å²) >= 11 is 2.00. The van der Waals surface area contributed by atoms with Crippen LogP contribution in [-0.2, 0) is 4.74 Å². The number of thioether (sulfide) groups is 1. The predicted molar refractivity (Wildman–Crippen MR) is 75.8 cm³/mol. The van der Waals surface area contributed by atoms with Crippen LogP contribution in [0.4, 0.5) is 0 Å². The van der Waals surface area contributed by atoms with E-state index in [-0.39, 0.29) is 5.41 Å². The Bertz CT molecular complexity index is 238. The van der Waals surface area contributed by atoms with Gasteiger partial charge in [0.15, 0.2) is 0 Å². The Morgan fingerprint density at radius 3 is 2.82 bits per heavy atom. The summed E-state index contributed by atoms with van der Waals surface area (Å²) < 4.78 is 5.58. The van der Waals surface area contributed by atoms with E-state index >= 15 is 0 Å². The average molecular weight is 258 g/mol. The monoisotopic (exact) mass is 258 g/mol. The van der Waals surface area contributed by atoms with Crippen LogP contribution < -0.4 is 5.73 Å². The standard InChI is InChI=1S/C13H26N2OS/c1-13(2,12(14)15)7-3-4-9-17-10-11-6-5-8-16-11/h11H,3-10H2,1-2H3,(H3,14,15). The largest absolute Gasteiger partial charge is 0.387 e. The van der Waals surface area contributed by atoms with Crippen LogP contribution >= 0.6 is 11.8 Å². The second kappa shape index (κ2) is 7.27. The quantitative estimate of drug-likeness (QED) is 0.400. The minimum absolute atomic E-state index is 0.126. The minimum atomic E-state index is -0.126. The van der Waals surface area contributed by atoms with Crippen molar-refractivity contribution >= 4 is 17.6 Å². The lowest BCUT2D eigenvalue weighted by Crippen LogP contribution is -2.30. The number of amidine groups is 1. The van der Waals surface area contributed by atoms with E-state index in [1.165, 1.54) is 25.0 Å². The molecule has 0 spiro atoms. The molecule has 0 radical (unpaired) electrons. The van der Waals surface area contributed by atoms with Crippen LogP contribution in [0.2, 0.25) is 0 Å². The molecule has 1 unspecified atom stereocenters. The van der Waals surface area contributed by atoms with Gasteiger partial charge in [0.05, 0.1) is 11.9 Å². The van der Waals surface area contributed by atoms with Gasteiger partial charge >= 0.3 is 0 Å². The molecule has 4 heteroatoms. The second-order valence-electron chi connectivity index (χ2n) is 5.46. The topological polar surface area (TPSA) is 59.1 Å². The van der Waals surface area contributed by atoms with Crippen LogP contribution in [0.3, 0.4) is 0 Å². The van der Waals surface area contributed by atoms with E-state index in [4.69, 9.17) is 15.9 Å². The molecular formula is C13H26N2OS. The molecule has 1 atom stereocenters. The molecule has 1 aliphatic rings. The van der Waals surface area contributed by atoms with Gasteiger partial charge in [-0.15, -0.1) is 0 Å². The zero-order chi connectivity index (χ0) is 12.7. The first-order valence-corrected chi connectivity index (χ1v) is 7.72. The number of nitrogens with one attached hydrogen (secondary N) is 1. The van der Waals surface area contributed by atoms with Gasteiger partial charge < -0.3 is 10.5 Å². The van der Waals surface area contributed by atoms with Gasteiger partial charge in [-0.2, -0.15) is 11.8 Å². The summed E-state index contributed by atoms with van der Waals surface area (Å²) in [6.45, 7) is 5.06. The summed E-state index contributed by atoms with van der Waals surface area (Å²) in [6, 6.07) is 0. The fourth-order valence-corrected chi connectivity index (χ4v) is 3.00. The molecule has 1 fully saturated rings. The van der Waals surface area contributed by atoms with Gasteiger partial charge in [0.25, 0.3) is 0 Å².